The lowest BCUT2D eigenvalue weighted by molar-refractivity contribution is -0.163. The van der Waals surface area contributed by atoms with Crippen molar-refractivity contribution in [3.05, 3.63) is 58.3 Å². The van der Waals surface area contributed by atoms with Gasteiger partial charge in [0.05, 0.1) is 4.88 Å². The number of carbonyl (C=O) groups excluding carboxylic acids is 3. The molecule has 0 unspecified atom stereocenters. The van der Waals surface area contributed by atoms with Crippen LogP contribution in [0.1, 0.15) is 29.1 Å². The summed E-state index contributed by atoms with van der Waals surface area (Å²) in [4.78, 5) is 44.9. The molecule has 1 aromatic carbocycles. The second-order valence-electron chi connectivity index (χ2n) is 7.64. The number of halogens is 2. The van der Waals surface area contributed by atoms with Crippen LogP contribution in [-0.4, -0.2) is 54.9 Å². The molecule has 2 fully saturated rings. The molecule has 0 spiro atoms. The van der Waals surface area contributed by atoms with Gasteiger partial charge in [-0.3, -0.25) is 9.59 Å². The number of thioether (sulfide) groups is 1. The number of hydrogen-bond donors (Lipinski definition) is 0. The van der Waals surface area contributed by atoms with E-state index in [0.717, 1.165) is 4.88 Å². The minimum Gasteiger partial charge on any atom is -0.456 e. The summed E-state index contributed by atoms with van der Waals surface area (Å²) < 4.78 is 3.44. The first-order valence-electron chi connectivity index (χ1n) is 9.39. The normalized spacial score (nSPS) is 26.9. The SMILES string of the molecule is CC1(C)S[C@H]2N(C(=O)[C@@]2(Br)N=C(Cl)c2cccs2)[C@H]1C(=O)OCC(=O)c1ccccc1. The van der Waals surface area contributed by atoms with Gasteiger partial charge in [-0.1, -0.05) is 48.0 Å². The van der Waals surface area contributed by atoms with Crippen LogP contribution >= 0.6 is 50.6 Å². The van der Waals surface area contributed by atoms with E-state index >= 15 is 0 Å². The molecule has 0 bridgehead atoms. The number of benzene rings is 1. The van der Waals surface area contributed by atoms with Crippen LogP contribution in [0.4, 0.5) is 0 Å². The van der Waals surface area contributed by atoms with E-state index in [1.165, 1.54) is 28.0 Å². The summed E-state index contributed by atoms with van der Waals surface area (Å²) in [6.45, 7) is 3.35. The number of ketones is 1. The minimum atomic E-state index is -1.25. The highest BCUT2D eigenvalue weighted by Gasteiger charge is 2.71. The lowest BCUT2D eigenvalue weighted by Gasteiger charge is -2.47. The Labute approximate surface area is 201 Å². The number of alkyl halides is 1. The second-order valence-corrected chi connectivity index (χ2v) is 11.9. The van der Waals surface area contributed by atoms with Gasteiger partial charge >= 0.3 is 5.97 Å². The Morgan fingerprint density at radius 1 is 1.23 bits per heavy atom. The van der Waals surface area contributed by atoms with E-state index in [1.807, 2.05) is 31.4 Å². The van der Waals surface area contributed by atoms with Crippen molar-refractivity contribution in [2.45, 2.75) is 34.5 Å². The van der Waals surface area contributed by atoms with Crippen LogP contribution in [-0.2, 0) is 14.3 Å². The van der Waals surface area contributed by atoms with Crippen LogP contribution in [0.15, 0.2) is 52.8 Å². The topological polar surface area (TPSA) is 76.0 Å². The third-order valence-corrected chi connectivity index (χ3v) is 9.27. The van der Waals surface area contributed by atoms with E-state index in [4.69, 9.17) is 16.3 Å². The summed E-state index contributed by atoms with van der Waals surface area (Å²) in [5.41, 5.74) is 0.463. The molecule has 2 aliphatic heterocycles. The summed E-state index contributed by atoms with van der Waals surface area (Å²) in [5, 5.41) is 1.68. The quantitative estimate of drug-likeness (QED) is 0.136. The van der Waals surface area contributed by atoms with Crippen molar-refractivity contribution in [3.8, 4) is 0 Å². The Hall–Kier alpha value is -1.68. The van der Waals surface area contributed by atoms with Crippen molar-refractivity contribution < 1.29 is 19.1 Å². The first-order chi connectivity index (χ1) is 14.6. The van der Waals surface area contributed by atoms with E-state index in [-0.39, 0.29) is 23.5 Å². The van der Waals surface area contributed by atoms with Crippen LogP contribution in [0.25, 0.3) is 0 Å². The molecule has 2 aliphatic rings. The van der Waals surface area contributed by atoms with E-state index in [9.17, 15) is 14.4 Å². The number of ether oxygens (including phenoxy) is 1. The predicted molar refractivity (Wildman–Crippen MR) is 126 cm³/mol. The summed E-state index contributed by atoms with van der Waals surface area (Å²) >= 11 is 12.7. The van der Waals surface area contributed by atoms with Gasteiger partial charge in [-0.2, -0.15) is 0 Å². The summed E-state index contributed by atoms with van der Waals surface area (Å²) in [7, 11) is 0. The van der Waals surface area contributed by atoms with Crippen molar-refractivity contribution in [1.29, 1.82) is 0 Å². The zero-order chi connectivity index (χ0) is 22.4. The smallest absolute Gasteiger partial charge is 0.330 e. The zero-order valence-corrected chi connectivity index (χ0v) is 20.6. The Morgan fingerprint density at radius 3 is 2.58 bits per heavy atom. The maximum atomic E-state index is 13.1. The van der Waals surface area contributed by atoms with E-state index in [2.05, 4.69) is 20.9 Å². The number of rotatable bonds is 6. The van der Waals surface area contributed by atoms with Crippen molar-refractivity contribution in [3.63, 3.8) is 0 Å². The molecular formula is C21H18BrClN2O4S2. The van der Waals surface area contributed by atoms with Gasteiger partial charge in [0.1, 0.15) is 16.6 Å². The van der Waals surface area contributed by atoms with Gasteiger partial charge in [0.25, 0.3) is 5.91 Å². The number of esters is 1. The van der Waals surface area contributed by atoms with E-state index < -0.39 is 26.6 Å². The summed E-state index contributed by atoms with van der Waals surface area (Å²) in [5.74, 6) is -1.27. The number of β-lactam (4-membered cyclic amide) rings is 1. The fraction of sp³-hybridized carbons (Fsp3) is 0.333. The molecule has 0 N–H and O–H groups in total. The molecule has 2 aromatic rings. The Bertz CT molecular complexity index is 1060. The highest BCUT2D eigenvalue weighted by atomic mass is 79.9. The van der Waals surface area contributed by atoms with Gasteiger partial charge in [0.15, 0.2) is 12.4 Å². The molecule has 2 saturated heterocycles. The van der Waals surface area contributed by atoms with Crippen molar-refractivity contribution in [2.75, 3.05) is 6.61 Å². The van der Waals surface area contributed by atoms with Gasteiger partial charge in [-0.25, -0.2) is 9.79 Å². The van der Waals surface area contributed by atoms with Crippen molar-refractivity contribution in [1.82, 2.24) is 4.90 Å². The highest BCUT2D eigenvalue weighted by molar-refractivity contribution is 9.10. The molecule has 4 rings (SSSR count). The second kappa shape index (κ2) is 8.35. The monoisotopic (exact) mass is 540 g/mol. The molecule has 6 nitrogen and oxygen atoms in total. The van der Waals surface area contributed by atoms with Crippen molar-refractivity contribution >= 4 is 73.5 Å². The average Bonchev–Trinajstić information content (AvgIpc) is 3.37. The molecule has 162 valence electrons. The molecule has 3 heterocycles. The molecule has 1 aromatic heterocycles. The van der Waals surface area contributed by atoms with E-state index in [1.54, 1.807) is 30.3 Å². The van der Waals surface area contributed by atoms with Gasteiger partial charge in [0, 0.05) is 10.3 Å². The van der Waals surface area contributed by atoms with E-state index in [0.29, 0.717) is 5.56 Å². The Balaban J connectivity index is 1.49. The maximum absolute atomic E-state index is 13.1. The first kappa shape index (κ1) is 22.5. The Kier molecular flexibility index (Phi) is 6.06. The number of carbonyl (C=O) groups is 3. The van der Waals surface area contributed by atoms with Crippen LogP contribution < -0.4 is 0 Å². The molecule has 1 amide bonds. The molecule has 31 heavy (non-hydrogen) atoms. The fourth-order valence-corrected chi connectivity index (χ4v) is 7.08. The highest BCUT2D eigenvalue weighted by Crippen LogP contribution is 2.58. The third kappa shape index (κ3) is 3.97. The van der Waals surface area contributed by atoms with Crippen LogP contribution in [0.5, 0.6) is 0 Å². The first-order valence-corrected chi connectivity index (χ1v) is 12.3. The molecule has 3 atom stereocenters. The fourth-order valence-electron chi connectivity index (χ4n) is 3.60. The number of thiophene rings is 1. The molecule has 10 heteroatoms. The zero-order valence-electron chi connectivity index (χ0n) is 16.6. The number of Topliss-reactive ketones (excluding diaryl/α,β-unsaturated/α-hetero) is 1. The third-order valence-electron chi connectivity index (χ3n) is 5.12. The minimum absolute atomic E-state index is 0.234. The number of nitrogens with zero attached hydrogens (tertiary/aromatic N) is 2. The summed E-state index contributed by atoms with van der Waals surface area (Å²) in [6.07, 6.45) is 0. The number of fused-ring (bicyclic) bond motifs is 1. The number of aliphatic imine (C=N–C) groups is 1. The van der Waals surface area contributed by atoms with Gasteiger partial charge in [-0.15, -0.1) is 23.1 Å². The van der Waals surface area contributed by atoms with Crippen molar-refractivity contribution in [2.24, 2.45) is 4.99 Å². The van der Waals surface area contributed by atoms with Crippen LogP contribution in [0.3, 0.4) is 0 Å². The largest absolute Gasteiger partial charge is 0.456 e. The lowest BCUT2D eigenvalue weighted by atomic mass is 9.96. The van der Waals surface area contributed by atoms with Gasteiger partial charge in [0.2, 0.25) is 4.45 Å². The number of amides is 1. The summed E-state index contributed by atoms with van der Waals surface area (Å²) in [6, 6.07) is 11.5. The van der Waals surface area contributed by atoms with Crippen LogP contribution in [0, 0.1) is 0 Å². The molecular weight excluding hydrogens is 524 g/mol. The molecule has 0 aliphatic carbocycles. The molecule has 0 saturated carbocycles. The van der Waals surface area contributed by atoms with Gasteiger partial charge in [-0.05, 0) is 41.2 Å². The van der Waals surface area contributed by atoms with Gasteiger partial charge < -0.3 is 9.64 Å². The number of hydrogen-bond acceptors (Lipinski definition) is 7. The standard InChI is InChI=1S/C21H18BrClN2O4S2/c1-20(2)15(17(27)29-11-13(26)12-7-4-3-5-8-12)25-18(28)21(22,19(25)31-20)24-16(23)14-9-6-10-30-14/h3-10,15,19H,11H2,1-2H3/t15-,19+,21+/m0/s1. The maximum Gasteiger partial charge on any atom is 0.330 e. The average molecular weight is 542 g/mol. The Morgan fingerprint density at radius 2 is 1.94 bits per heavy atom. The molecule has 0 radical (unpaired) electrons. The lowest BCUT2D eigenvalue weighted by Crippen LogP contribution is -2.70. The van der Waals surface area contributed by atoms with Crippen LogP contribution in [0.2, 0.25) is 0 Å². The predicted octanol–water partition coefficient (Wildman–Crippen LogP) is 4.31.